The summed E-state index contributed by atoms with van der Waals surface area (Å²) < 4.78 is 10.6. The predicted molar refractivity (Wildman–Crippen MR) is 78.3 cm³/mol. The van der Waals surface area contributed by atoms with E-state index in [1.54, 1.807) is 19.1 Å². The van der Waals surface area contributed by atoms with Crippen LogP contribution in [0.25, 0.3) is 0 Å². The van der Waals surface area contributed by atoms with Crippen molar-refractivity contribution in [3.63, 3.8) is 0 Å². The quantitative estimate of drug-likeness (QED) is 0.773. The highest BCUT2D eigenvalue weighted by atomic mass is 35.5. The summed E-state index contributed by atoms with van der Waals surface area (Å²) >= 11 is 5.90. The first-order valence-corrected chi connectivity index (χ1v) is 6.73. The van der Waals surface area contributed by atoms with Crippen molar-refractivity contribution >= 4 is 17.6 Å². The lowest BCUT2D eigenvalue weighted by Gasteiger charge is -2.08. The summed E-state index contributed by atoms with van der Waals surface area (Å²) in [5.41, 5.74) is 0.850. The topological polar surface area (TPSA) is 35.5 Å². The third-order valence-corrected chi connectivity index (χ3v) is 2.82. The molecule has 0 aliphatic carbocycles. The Bertz CT molecular complexity index is 596. The van der Waals surface area contributed by atoms with E-state index in [4.69, 9.17) is 21.1 Å². The Hall–Kier alpha value is -2.00. The molecule has 0 unspecified atom stereocenters. The number of carbonyl (C=O) groups is 1. The van der Waals surface area contributed by atoms with E-state index in [-0.39, 0.29) is 12.4 Å². The van der Waals surface area contributed by atoms with Crippen molar-refractivity contribution in [3.8, 4) is 11.5 Å². The van der Waals surface area contributed by atoms with Gasteiger partial charge in [-0.15, -0.1) is 0 Å². The van der Waals surface area contributed by atoms with Crippen molar-refractivity contribution in [2.75, 3.05) is 6.61 Å². The maximum absolute atomic E-state index is 11.4. The van der Waals surface area contributed by atoms with Crippen LogP contribution in [0.2, 0.25) is 5.02 Å². The van der Waals surface area contributed by atoms with Gasteiger partial charge in [-0.2, -0.15) is 0 Å². The van der Waals surface area contributed by atoms with Crippen molar-refractivity contribution < 1.29 is 14.3 Å². The molecule has 104 valence electrons. The van der Waals surface area contributed by atoms with Gasteiger partial charge in [-0.3, -0.25) is 4.79 Å². The maximum Gasteiger partial charge on any atom is 0.310 e. The second-order valence-corrected chi connectivity index (χ2v) is 4.63. The lowest BCUT2D eigenvalue weighted by atomic mass is 10.1. The standard InChI is InChI=1S/C16H15ClO3/c1-2-19-16(18)10-12-5-3-7-14(9-12)20-15-8-4-6-13(17)11-15/h3-9,11H,2,10H2,1H3. The molecule has 0 heterocycles. The van der Waals surface area contributed by atoms with Crippen LogP contribution in [0.15, 0.2) is 48.5 Å². The van der Waals surface area contributed by atoms with E-state index in [0.717, 1.165) is 5.56 Å². The minimum Gasteiger partial charge on any atom is -0.466 e. The van der Waals surface area contributed by atoms with Gasteiger partial charge >= 0.3 is 5.97 Å². The first-order valence-electron chi connectivity index (χ1n) is 6.35. The maximum atomic E-state index is 11.4. The SMILES string of the molecule is CCOC(=O)Cc1cccc(Oc2cccc(Cl)c2)c1. The number of esters is 1. The van der Waals surface area contributed by atoms with Crippen molar-refractivity contribution in [1.82, 2.24) is 0 Å². The van der Waals surface area contributed by atoms with Crippen LogP contribution in [0.5, 0.6) is 11.5 Å². The third-order valence-electron chi connectivity index (χ3n) is 2.58. The Labute approximate surface area is 123 Å². The van der Waals surface area contributed by atoms with Gasteiger partial charge in [-0.05, 0) is 42.8 Å². The molecule has 0 saturated heterocycles. The van der Waals surface area contributed by atoms with E-state index in [1.165, 1.54) is 0 Å². The Morgan fingerprint density at radius 2 is 1.80 bits per heavy atom. The Morgan fingerprint density at radius 3 is 2.50 bits per heavy atom. The molecular formula is C16H15ClO3. The number of halogens is 1. The zero-order valence-electron chi connectivity index (χ0n) is 11.1. The summed E-state index contributed by atoms with van der Waals surface area (Å²) in [7, 11) is 0. The van der Waals surface area contributed by atoms with Gasteiger partial charge in [0.25, 0.3) is 0 Å². The van der Waals surface area contributed by atoms with Crippen LogP contribution >= 0.6 is 11.6 Å². The molecule has 0 atom stereocenters. The van der Waals surface area contributed by atoms with Crippen molar-refractivity contribution in [1.29, 1.82) is 0 Å². The molecule has 20 heavy (non-hydrogen) atoms. The van der Waals surface area contributed by atoms with Crippen LogP contribution in [-0.4, -0.2) is 12.6 Å². The van der Waals surface area contributed by atoms with E-state index in [2.05, 4.69) is 0 Å². The fraction of sp³-hybridized carbons (Fsp3) is 0.188. The molecule has 0 N–H and O–H groups in total. The molecule has 0 saturated carbocycles. The van der Waals surface area contributed by atoms with Crippen LogP contribution in [0, 0.1) is 0 Å². The van der Waals surface area contributed by atoms with E-state index in [9.17, 15) is 4.79 Å². The Kier molecular flexibility index (Phi) is 5.02. The number of rotatable bonds is 5. The minimum absolute atomic E-state index is 0.237. The monoisotopic (exact) mass is 290 g/mol. The van der Waals surface area contributed by atoms with E-state index in [1.807, 2.05) is 36.4 Å². The van der Waals surface area contributed by atoms with Crippen molar-refractivity contribution in [3.05, 3.63) is 59.1 Å². The normalized spacial score (nSPS) is 10.1. The van der Waals surface area contributed by atoms with Gasteiger partial charge in [-0.1, -0.05) is 29.8 Å². The molecule has 0 aliphatic rings. The molecule has 2 rings (SSSR count). The van der Waals surface area contributed by atoms with Crippen molar-refractivity contribution in [2.45, 2.75) is 13.3 Å². The second kappa shape index (κ2) is 6.96. The molecule has 0 aliphatic heterocycles. The third kappa shape index (κ3) is 4.28. The summed E-state index contributed by atoms with van der Waals surface area (Å²) in [4.78, 5) is 11.4. The van der Waals surface area contributed by atoms with Crippen LogP contribution in [0.1, 0.15) is 12.5 Å². The molecule has 4 heteroatoms. The van der Waals surface area contributed by atoms with E-state index in [0.29, 0.717) is 23.1 Å². The average Bonchev–Trinajstić information content (AvgIpc) is 2.39. The van der Waals surface area contributed by atoms with Gasteiger partial charge in [0.05, 0.1) is 13.0 Å². The largest absolute Gasteiger partial charge is 0.466 e. The first-order chi connectivity index (χ1) is 9.67. The zero-order chi connectivity index (χ0) is 14.4. The molecular weight excluding hydrogens is 276 g/mol. The van der Waals surface area contributed by atoms with Crippen LogP contribution in [0.3, 0.4) is 0 Å². The molecule has 3 nitrogen and oxygen atoms in total. The van der Waals surface area contributed by atoms with Gasteiger partial charge in [0.1, 0.15) is 11.5 Å². The van der Waals surface area contributed by atoms with Gasteiger partial charge in [-0.25, -0.2) is 0 Å². The fourth-order valence-electron chi connectivity index (χ4n) is 1.76. The molecule has 0 bridgehead atoms. The van der Waals surface area contributed by atoms with Gasteiger partial charge < -0.3 is 9.47 Å². The highest BCUT2D eigenvalue weighted by Gasteiger charge is 2.05. The molecule has 0 spiro atoms. The summed E-state index contributed by atoms with van der Waals surface area (Å²) in [6.45, 7) is 2.17. The zero-order valence-corrected chi connectivity index (χ0v) is 11.9. The molecule has 0 amide bonds. The van der Waals surface area contributed by atoms with Gasteiger partial charge in [0.15, 0.2) is 0 Å². The summed E-state index contributed by atoms with van der Waals surface area (Å²) in [6.07, 6.45) is 0.237. The molecule has 2 aromatic carbocycles. The van der Waals surface area contributed by atoms with Crippen LogP contribution in [0.4, 0.5) is 0 Å². The smallest absolute Gasteiger partial charge is 0.310 e. The van der Waals surface area contributed by atoms with Crippen molar-refractivity contribution in [2.24, 2.45) is 0 Å². The number of carbonyl (C=O) groups excluding carboxylic acids is 1. The summed E-state index contributed by atoms with van der Waals surface area (Å²) in [6, 6.07) is 14.5. The van der Waals surface area contributed by atoms with E-state index >= 15 is 0 Å². The molecule has 0 fully saturated rings. The summed E-state index contributed by atoms with van der Waals surface area (Å²) in [5, 5.41) is 0.616. The van der Waals surface area contributed by atoms with Gasteiger partial charge in [0, 0.05) is 5.02 Å². The fourth-order valence-corrected chi connectivity index (χ4v) is 1.94. The van der Waals surface area contributed by atoms with Gasteiger partial charge in [0.2, 0.25) is 0 Å². The number of hydrogen-bond acceptors (Lipinski definition) is 3. The molecule has 0 radical (unpaired) electrons. The summed E-state index contributed by atoms with van der Waals surface area (Å²) in [5.74, 6) is 1.08. The highest BCUT2D eigenvalue weighted by Crippen LogP contribution is 2.24. The molecule has 0 aromatic heterocycles. The van der Waals surface area contributed by atoms with Crippen LogP contribution < -0.4 is 4.74 Å². The minimum atomic E-state index is -0.243. The molecule has 2 aromatic rings. The first kappa shape index (κ1) is 14.4. The number of hydrogen-bond donors (Lipinski definition) is 0. The van der Waals surface area contributed by atoms with E-state index < -0.39 is 0 Å². The second-order valence-electron chi connectivity index (χ2n) is 4.19. The number of benzene rings is 2. The highest BCUT2D eigenvalue weighted by molar-refractivity contribution is 6.30. The predicted octanol–water partition coefficient (Wildman–Crippen LogP) is 4.24. The Balaban J connectivity index is 2.08. The lowest BCUT2D eigenvalue weighted by Crippen LogP contribution is -2.07. The average molecular weight is 291 g/mol. The Morgan fingerprint density at radius 1 is 1.10 bits per heavy atom. The lowest BCUT2D eigenvalue weighted by molar-refractivity contribution is -0.142. The van der Waals surface area contributed by atoms with Crippen LogP contribution in [-0.2, 0) is 16.0 Å². The number of ether oxygens (including phenoxy) is 2.